The Bertz CT molecular complexity index is 1240. The Morgan fingerprint density at radius 3 is 2.65 bits per heavy atom. The highest BCUT2D eigenvalue weighted by atomic mass is 16.2. The van der Waals surface area contributed by atoms with Gasteiger partial charge in [0, 0.05) is 54.5 Å². The maximum Gasteiger partial charge on any atom is 0.254 e. The van der Waals surface area contributed by atoms with Crippen molar-refractivity contribution in [3.8, 4) is 0 Å². The van der Waals surface area contributed by atoms with Crippen LogP contribution < -0.4 is 10.2 Å². The van der Waals surface area contributed by atoms with Crippen LogP contribution in [0.1, 0.15) is 38.3 Å². The van der Waals surface area contributed by atoms with Crippen molar-refractivity contribution in [1.82, 2.24) is 15.2 Å². The first kappa shape index (κ1) is 22.0. The van der Waals surface area contributed by atoms with Gasteiger partial charge in [0.25, 0.3) is 5.91 Å². The smallest absolute Gasteiger partial charge is 0.254 e. The van der Waals surface area contributed by atoms with E-state index >= 15 is 0 Å². The first-order chi connectivity index (χ1) is 16.6. The number of carbonyl (C=O) groups excluding carboxylic acids is 2. The summed E-state index contributed by atoms with van der Waals surface area (Å²) in [6.07, 6.45) is 8.33. The molecule has 172 valence electrons. The third kappa shape index (κ3) is 4.24. The normalized spacial score (nSPS) is 17.7. The van der Waals surface area contributed by atoms with Gasteiger partial charge >= 0.3 is 0 Å². The zero-order valence-electron chi connectivity index (χ0n) is 19.3. The highest BCUT2D eigenvalue weighted by molar-refractivity contribution is 6.04. The van der Waals surface area contributed by atoms with Crippen LogP contribution in [0.5, 0.6) is 0 Å². The number of nitrogens with zero attached hydrogens (tertiary/aromatic N) is 3. The number of benzene rings is 2. The minimum absolute atomic E-state index is 0.0600. The zero-order chi connectivity index (χ0) is 23.5. The zero-order valence-corrected chi connectivity index (χ0v) is 19.3. The molecule has 2 aliphatic heterocycles. The van der Waals surface area contributed by atoms with E-state index in [9.17, 15) is 9.59 Å². The largest absolute Gasteiger partial charge is 0.337 e. The van der Waals surface area contributed by atoms with Crippen molar-refractivity contribution in [3.05, 3.63) is 95.3 Å². The lowest BCUT2D eigenvalue weighted by Crippen LogP contribution is -2.48. The lowest BCUT2D eigenvalue weighted by molar-refractivity contribution is 0.0626. The number of amides is 1. The molecule has 1 N–H and O–H groups in total. The van der Waals surface area contributed by atoms with Gasteiger partial charge in [0.05, 0.1) is 0 Å². The van der Waals surface area contributed by atoms with Crippen LogP contribution in [0.2, 0.25) is 0 Å². The Kier molecular flexibility index (Phi) is 6.23. The molecule has 0 saturated carbocycles. The van der Waals surface area contributed by atoms with E-state index in [0.29, 0.717) is 24.2 Å². The number of anilines is 2. The van der Waals surface area contributed by atoms with Crippen molar-refractivity contribution in [1.29, 1.82) is 0 Å². The third-order valence-corrected chi connectivity index (χ3v) is 6.54. The van der Waals surface area contributed by atoms with Gasteiger partial charge in [-0.2, -0.15) is 0 Å². The third-order valence-electron chi connectivity index (χ3n) is 6.54. The minimum atomic E-state index is -0.545. The van der Waals surface area contributed by atoms with Crippen LogP contribution in [0.25, 0.3) is 6.08 Å². The van der Waals surface area contributed by atoms with E-state index in [1.807, 2.05) is 37.3 Å². The summed E-state index contributed by atoms with van der Waals surface area (Å²) >= 11 is 0. The van der Waals surface area contributed by atoms with Crippen LogP contribution in [-0.2, 0) is 0 Å². The summed E-state index contributed by atoms with van der Waals surface area (Å²) in [7, 11) is 0. The molecule has 1 saturated heterocycles. The van der Waals surface area contributed by atoms with E-state index in [1.165, 1.54) is 5.56 Å². The molecule has 1 amide bonds. The lowest BCUT2D eigenvalue weighted by atomic mass is 10.0. The fourth-order valence-electron chi connectivity index (χ4n) is 4.81. The standard InChI is InChI=1S/C28H28N4O2/c1-20-18-23(9-10-24(20)31-16-4-7-21-6-2-3-8-25(21)31)28(34)32-17-5-13-30-19-26(32)27(33)22-11-14-29-15-12-22/h2-4,6-12,14-15,18,26,30H,5,13,16-17,19H2,1H3. The van der Waals surface area contributed by atoms with Gasteiger partial charge in [-0.15, -0.1) is 0 Å². The van der Waals surface area contributed by atoms with E-state index in [2.05, 4.69) is 39.5 Å². The first-order valence-corrected chi connectivity index (χ1v) is 11.7. The number of carbonyl (C=O) groups is 2. The second-order valence-electron chi connectivity index (χ2n) is 8.75. The number of hydrogen-bond acceptors (Lipinski definition) is 5. The van der Waals surface area contributed by atoms with Crippen LogP contribution in [0, 0.1) is 6.92 Å². The summed E-state index contributed by atoms with van der Waals surface area (Å²) in [5.41, 5.74) is 5.63. The van der Waals surface area contributed by atoms with E-state index in [-0.39, 0.29) is 11.7 Å². The van der Waals surface area contributed by atoms with E-state index in [1.54, 1.807) is 29.4 Å². The topological polar surface area (TPSA) is 65.5 Å². The van der Waals surface area contributed by atoms with Crippen LogP contribution >= 0.6 is 0 Å². The molecule has 1 unspecified atom stereocenters. The number of aromatic nitrogens is 1. The molecular formula is C28H28N4O2. The summed E-state index contributed by atoms with van der Waals surface area (Å²) in [5, 5.41) is 3.31. The van der Waals surface area contributed by atoms with Crippen molar-refractivity contribution < 1.29 is 9.59 Å². The van der Waals surface area contributed by atoms with Gasteiger partial charge in [-0.1, -0.05) is 30.4 Å². The van der Waals surface area contributed by atoms with Gasteiger partial charge in [-0.3, -0.25) is 14.6 Å². The molecule has 1 aromatic heterocycles. The van der Waals surface area contributed by atoms with Crippen molar-refractivity contribution in [3.63, 3.8) is 0 Å². The molecule has 2 aliphatic rings. The molecular weight excluding hydrogens is 424 g/mol. The van der Waals surface area contributed by atoms with Crippen molar-refractivity contribution in [2.75, 3.05) is 31.1 Å². The van der Waals surface area contributed by atoms with Crippen molar-refractivity contribution in [2.24, 2.45) is 0 Å². The molecule has 0 spiro atoms. The number of Topliss-reactive ketones (excluding diaryl/α,β-unsaturated/α-hetero) is 1. The Balaban J connectivity index is 1.43. The number of ketones is 1. The maximum absolute atomic E-state index is 13.6. The molecule has 1 atom stereocenters. The van der Waals surface area contributed by atoms with E-state index < -0.39 is 6.04 Å². The van der Waals surface area contributed by atoms with E-state index in [4.69, 9.17) is 0 Å². The molecule has 3 aromatic rings. The highest BCUT2D eigenvalue weighted by Crippen LogP contribution is 2.34. The molecule has 5 rings (SSSR count). The van der Waals surface area contributed by atoms with Gasteiger partial charge in [-0.25, -0.2) is 0 Å². The number of rotatable bonds is 4. The fraction of sp³-hybridized carbons (Fsp3) is 0.250. The quantitative estimate of drug-likeness (QED) is 0.600. The molecule has 2 aromatic carbocycles. The molecule has 1 fully saturated rings. The predicted octanol–water partition coefficient (Wildman–Crippen LogP) is 4.24. The summed E-state index contributed by atoms with van der Waals surface area (Å²) in [5.74, 6) is -0.167. The van der Waals surface area contributed by atoms with Gasteiger partial charge < -0.3 is 15.1 Å². The number of pyridine rings is 1. The summed E-state index contributed by atoms with van der Waals surface area (Å²) in [4.78, 5) is 34.9. The number of nitrogens with one attached hydrogen (secondary N) is 1. The second kappa shape index (κ2) is 9.61. The predicted molar refractivity (Wildman–Crippen MR) is 135 cm³/mol. The van der Waals surface area contributed by atoms with Crippen molar-refractivity contribution >= 4 is 29.1 Å². The fourth-order valence-corrected chi connectivity index (χ4v) is 4.81. The van der Waals surface area contributed by atoms with Crippen LogP contribution in [0.15, 0.2) is 73.1 Å². The molecule has 0 radical (unpaired) electrons. The maximum atomic E-state index is 13.6. The Morgan fingerprint density at radius 2 is 1.82 bits per heavy atom. The van der Waals surface area contributed by atoms with Crippen LogP contribution in [0.4, 0.5) is 11.4 Å². The Morgan fingerprint density at radius 1 is 1.00 bits per heavy atom. The van der Waals surface area contributed by atoms with Crippen molar-refractivity contribution in [2.45, 2.75) is 19.4 Å². The summed E-state index contributed by atoms with van der Waals surface area (Å²) in [6, 6.07) is 17.1. The molecule has 34 heavy (non-hydrogen) atoms. The van der Waals surface area contributed by atoms with Gasteiger partial charge in [0.15, 0.2) is 5.78 Å². The number of hydrogen-bond donors (Lipinski definition) is 1. The number of para-hydroxylation sites is 1. The molecule has 6 nitrogen and oxygen atoms in total. The van der Waals surface area contributed by atoms with Crippen LogP contribution in [0.3, 0.4) is 0 Å². The Labute approximate surface area is 199 Å². The lowest BCUT2D eigenvalue weighted by Gasteiger charge is -2.31. The SMILES string of the molecule is Cc1cc(C(=O)N2CCCNCC2C(=O)c2ccncc2)ccc1N1CC=Cc2ccccc21. The molecule has 3 heterocycles. The summed E-state index contributed by atoms with van der Waals surface area (Å²) in [6.45, 7) is 4.59. The van der Waals surface area contributed by atoms with Crippen LogP contribution in [-0.4, -0.2) is 53.8 Å². The average molecular weight is 453 g/mol. The molecule has 0 bridgehead atoms. The first-order valence-electron chi connectivity index (χ1n) is 11.7. The summed E-state index contributed by atoms with van der Waals surface area (Å²) < 4.78 is 0. The number of fused-ring (bicyclic) bond motifs is 1. The van der Waals surface area contributed by atoms with Gasteiger partial charge in [0.1, 0.15) is 6.04 Å². The van der Waals surface area contributed by atoms with E-state index in [0.717, 1.165) is 36.4 Å². The van der Waals surface area contributed by atoms with Gasteiger partial charge in [0.2, 0.25) is 0 Å². The second-order valence-corrected chi connectivity index (χ2v) is 8.75. The minimum Gasteiger partial charge on any atom is -0.337 e. The highest BCUT2D eigenvalue weighted by Gasteiger charge is 2.32. The monoisotopic (exact) mass is 452 g/mol. The van der Waals surface area contributed by atoms with Gasteiger partial charge in [-0.05, 0) is 67.4 Å². The molecule has 0 aliphatic carbocycles. The number of aryl methyl sites for hydroxylation is 1. The Hall–Kier alpha value is -3.77. The molecule has 6 heteroatoms. The average Bonchev–Trinajstić information content (AvgIpc) is 3.14.